The first-order valence-corrected chi connectivity index (χ1v) is 5.59. The zero-order valence-corrected chi connectivity index (χ0v) is 9.88. The molecule has 17 heavy (non-hydrogen) atoms. The third-order valence-electron chi connectivity index (χ3n) is 2.97. The lowest BCUT2D eigenvalue weighted by molar-refractivity contribution is 0.958. The summed E-state index contributed by atoms with van der Waals surface area (Å²) in [6.45, 7) is 2.08. The zero-order chi connectivity index (χ0) is 11.8. The Morgan fingerprint density at radius 3 is 2.59 bits per heavy atom. The monoisotopic (exact) mass is 223 g/mol. The van der Waals surface area contributed by atoms with Crippen molar-refractivity contribution < 1.29 is 0 Å². The fourth-order valence-corrected chi connectivity index (χ4v) is 2.07. The SMILES string of the molecule is Cc1ccc2c(c1)nc(-c1ccncc1)n2C. The Morgan fingerprint density at radius 2 is 1.82 bits per heavy atom. The molecule has 3 heteroatoms. The highest BCUT2D eigenvalue weighted by Gasteiger charge is 2.09. The summed E-state index contributed by atoms with van der Waals surface area (Å²) in [6.07, 6.45) is 3.58. The highest BCUT2D eigenvalue weighted by molar-refractivity contribution is 5.81. The van der Waals surface area contributed by atoms with Gasteiger partial charge in [-0.1, -0.05) is 6.07 Å². The summed E-state index contributed by atoms with van der Waals surface area (Å²) in [5.41, 5.74) is 4.52. The Morgan fingerprint density at radius 1 is 1.06 bits per heavy atom. The van der Waals surface area contributed by atoms with E-state index in [9.17, 15) is 0 Å². The average molecular weight is 223 g/mol. The predicted molar refractivity (Wildman–Crippen MR) is 68.7 cm³/mol. The zero-order valence-electron chi connectivity index (χ0n) is 9.88. The number of aromatic nitrogens is 3. The summed E-state index contributed by atoms with van der Waals surface area (Å²) < 4.78 is 2.12. The molecule has 0 atom stereocenters. The lowest BCUT2D eigenvalue weighted by Crippen LogP contribution is -1.92. The maximum atomic E-state index is 4.68. The molecule has 2 heterocycles. The molecule has 0 N–H and O–H groups in total. The van der Waals surface area contributed by atoms with Crippen molar-refractivity contribution in [1.82, 2.24) is 14.5 Å². The Bertz CT molecular complexity index is 669. The van der Waals surface area contributed by atoms with Crippen molar-refractivity contribution in [2.75, 3.05) is 0 Å². The predicted octanol–water partition coefficient (Wildman–Crippen LogP) is 2.94. The lowest BCUT2D eigenvalue weighted by Gasteiger charge is -2.01. The van der Waals surface area contributed by atoms with Gasteiger partial charge in [-0.15, -0.1) is 0 Å². The number of hydrogen-bond donors (Lipinski definition) is 0. The summed E-state index contributed by atoms with van der Waals surface area (Å²) in [5.74, 6) is 0.980. The van der Waals surface area contributed by atoms with Crippen LogP contribution in [-0.2, 0) is 7.05 Å². The van der Waals surface area contributed by atoms with Gasteiger partial charge in [0, 0.05) is 25.0 Å². The first kappa shape index (κ1) is 10.0. The molecule has 0 spiro atoms. The normalized spacial score (nSPS) is 10.9. The van der Waals surface area contributed by atoms with Gasteiger partial charge in [0.15, 0.2) is 0 Å². The van der Waals surface area contributed by atoms with Crippen LogP contribution in [0.2, 0.25) is 0 Å². The molecule has 3 rings (SSSR count). The molecule has 1 aromatic carbocycles. The van der Waals surface area contributed by atoms with Crippen molar-refractivity contribution in [3.05, 3.63) is 48.3 Å². The Labute approximate surface area is 99.8 Å². The minimum absolute atomic E-state index is 0.980. The first-order valence-electron chi connectivity index (χ1n) is 5.59. The van der Waals surface area contributed by atoms with E-state index in [1.165, 1.54) is 5.56 Å². The third-order valence-corrected chi connectivity index (χ3v) is 2.97. The molecule has 0 aliphatic rings. The smallest absolute Gasteiger partial charge is 0.140 e. The van der Waals surface area contributed by atoms with E-state index in [0.717, 1.165) is 22.4 Å². The number of imidazole rings is 1. The van der Waals surface area contributed by atoms with E-state index in [2.05, 4.69) is 39.7 Å². The van der Waals surface area contributed by atoms with Gasteiger partial charge in [0.05, 0.1) is 11.0 Å². The van der Waals surface area contributed by atoms with Crippen molar-refractivity contribution in [1.29, 1.82) is 0 Å². The van der Waals surface area contributed by atoms with E-state index in [-0.39, 0.29) is 0 Å². The quantitative estimate of drug-likeness (QED) is 0.635. The highest BCUT2D eigenvalue weighted by Crippen LogP contribution is 2.23. The van der Waals surface area contributed by atoms with Crippen LogP contribution in [0.25, 0.3) is 22.4 Å². The maximum Gasteiger partial charge on any atom is 0.140 e. The van der Waals surface area contributed by atoms with E-state index in [4.69, 9.17) is 0 Å². The molecular weight excluding hydrogens is 210 g/mol. The molecule has 84 valence electrons. The van der Waals surface area contributed by atoms with Crippen molar-refractivity contribution in [3.63, 3.8) is 0 Å². The van der Waals surface area contributed by atoms with E-state index < -0.39 is 0 Å². The van der Waals surface area contributed by atoms with Gasteiger partial charge in [-0.05, 0) is 36.8 Å². The van der Waals surface area contributed by atoms with Crippen LogP contribution in [0, 0.1) is 6.92 Å². The number of benzene rings is 1. The van der Waals surface area contributed by atoms with Crippen LogP contribution in [-0.4, -0.2) is 14.5 Å². The van der Waals surface area contributed by atoms with E-state index in [1.54, 1.807) is 12.4 Å². The molecule has 0 bridgehead atoms. The first-order chi connectivity index (χ1) is 8.25. The van der Waals surface area contributed by atoms with Gasteiger partial charge >= 0.3 is 0 Å². The second-order valence-corrected chi connectivity index (χ2v) is 4.22. The standard InChI is InChI=1S/C14H13N3/c1-10-3-4-13-12(9-10)16-14(17(13)2)11-5-7-15-8-6-11/h3-9H,1-2H3. The molecule has 0 radical (unpaired) electrons. The molecular formula is C14H13N3. The Hall–Kier alpha value is -2.16. The van der Waals surface area contributed by atoms with Crippen LogP contribution in [0.4, 0.5) is 0 Å². The van der Waals surface area contributed by atoms with Crippen LogP contribution in [0.15, 0.2) is 42.7 Å². The largest absolute Gasteiger partial charge is 0.327 e. The summed E-state index contributed by atoms with van der Waals surface area (Å²) in [7, 11) is 2.04. The van der Waals surface area contributed by atoms with Gasteiger partial charge in [0.1, 0.15) is 5.82 Å². The van der Waals surface area contributed by atoms with Gasteiger partial charge in [-0.3, -0.25) is 4.98 Å². The molecule has 0 unspecified atom stereocenters. The van der Waals surface area contributed by atoms with Crippen LogP contribution in [0.5, 0.6) is 0 Å². The second kappa shape index (κ2) is 3.70. The topological polar surface area (TPSA) is 30.7 Å². The van der Waals surface area contributed by atoms with Crippen LogP contribution in [0.1, 0.15) is 5.56 Å². The number of rotatable bonds is 1. The fourth-order valence-electron chi connectivity index (χ4n) is 2.07. The van der Waals surface area contributed by atoms with E-state index in [0.29, 0.717) is 0 Å². The fraction of sp³-hybridized carbons (Fsp3) is 0.143. The molecule has 0 aliphatic carbocycles. The van der Waals surface area contributed by atoms with Crippen LogP contribution >= 0.6 is 0 Å². The molecule has 0 saturated heterocycles. The number of hydrogen-bond acceptors (Lipinski definition) is 2. The van der Waals surface area contributed by atoms with Crippen LogP contribution < -0.4 is 0 Å². The van der Waals surface area contributed by atoms with Crippen molar-refractivity contribution in [3.8, 4) is 11.4 Å². The van der Waals surface area contributed by atoms with Crippen molar-refractivity contribution in [2.24, 2.45) is 7.05 Å². The summed E-state index contributed by atoms with van der Waals surface area (Å²) in [5, 5.41) is 0. The molecule has 3 aromatic rings. The molecule has 3 nitrogen and oxygen atoms in total. The lowest BCUT2D eigenvalue weighted by atomic mass is 10.2. The van der Waals surface area contributed by atoms with Gasteiger partial charge in [0.2, 0.25) is 0 Å². The number of nitrogens with zero attached hydrogens (tertiary/aromatic N) is 3. The second-order valence-electron chi connectivity index (χ2n) is 4.22. The van der Waals surface area contributed by atoms with Crippen LogP contribution in [0.3, 0.4) is 0 Å². The minimum atomic E-state index is 0.980. The molecule has 0 amide bonds. The number of aryl methyl sites for hydroxylation is 2. The third kappa shape index (κ3) is 1.60. The Kier molecular flexibility index (Phi) is 2.18. The van der Waals surface area contributed by atoms with E-state index in [1.807, 2.05) is 19.2 Å². The van der Waals surface area contributed by atoms with Gasteiger partial charge in [-0.2, -0.15) is 0 Å². The van der Waals surface area contributed by atoms with Gasteiger partial charge < -0.3 is 4.57 Å². The molecule has 2 aromatic heterocycles. The van der Waals surface area contributed by atoms with E-state index >= 15 is 0 Å². The van der Waals surface area contributed by atoms with Gasteiger partial charge in [0.25, 0.3) is 0 Å². The maximum absolute atomic E-state index is 4.68. The molecule has 0 saturated carbocycles. The molecule has 0 fully saturated rings. The highest BCUT2D eigenvalue weighted by atomic mass is 15.1. The average Bonchev–Trinajstić information content (AvgIpc) is 2.67. The number of pyridine rings is 1. The van der Waals surface area contributed by atoms with Crippen molar-refractivity contribution >= 4 is 11.0 Å². The summed E-state index contributed by atoms with van der Waals surface area (Å²) in [6, 6.07) is 10.3. The summed E-state index contributed by atoms with van der Waals surface area (Å²) >= 11 is 0. The van der Waals surface area contributed by atoms with Crippen molar-refractivity contribution in [2.45, 2.75) is 6.92 Å². The minimum Gasteiger partial charge on any atom is -0.327 e. The number of fused-ring (bicyclic) bond motifs is 1. The van der Waals surface area contributed by atoms with Gasteiger partial charge in [-0.25, -0.2) is 4.98 Å². The molecule has 0 aliphatic heterocycles. The summed E-state index contributed by atoms with van der Waals surface area (Å²) in [4.78, 5) is 8.71. The Balaban J connectivity index is 2.28.